The lowest BCUT2D eigenvalue weighted by Gasteiger charge is -2.24. The van der Waals surface area contributed by atoms with Crippen molar-refractivity contribution in [2.75, 3.05) is 13.2 Å². The number of aliphatic hydroxyl groups is 1. The lowest BCUT2D eigenvalue weighted by molar-refractivity contribution is -0.142. The normalized spacial score (nSPS) is 14.0. The number of H-pyrrole nitrogens is 1. The van der Waals surface area contributed by atoms with Gasteiger partial charge in [-0.25, -0.2) is 4.79 Å². The molecule has 1 aromatic heterocycles. The smallest absolute Gasteiger partial charge is 0.326 e. The van der Waals surface area contributed by atoms with Crippen molar-refractivity contribution in [2.24, 2.45) is 11.5 Å². The Bertz CT molecular complexity index is 1360. The number of hydrogen-bond acceptors (Lipinski definition) is 8. The van der Waals surface area contributed by atoms with E-state index in [1.165, 1.54) is 24.3 Å². The first kappa shape index (κ1) is 32.1. The Morgan fingerprint density at radius 3 is 2.14 bits per heavy atom. The van der Waals surface area contributed by atoms with Crippen molar-refractivity contribution in [2.45, 2.75) is 56.3 Å². The minimum atomic E-state index is -1.40. The molecule has 2 aromatic carbocycles. The van der Waals surface area contributed by atoms with Crippen LogP contribution in [0.15, 0.2) is 54.7 Å². The molecule has 3 aromatic rings. The third-order valence-corrected chi connectivity index (χ3v) is 6.84. The number of phenols is 1. The lowest BCUT2D eigenvalue weighted by Crippen LogP contribution is -2.58. The molecule has 3 rings (SSSR count). The van der Waals surface area contributed by atoms with E-state index in [1.807, 2.05) is 24.3 Å². The molecular formula is C29H38N6O7. The standard InChI is InChI=1S/C29H38N6O7/c30-12-4-3-7-23(27(39)34-24(29(41)42)13-17-8-10-19(37)11-9-17)33-28(40)25(16-36)35-26(38)21(31)14-18-15-32-22-6-2-1-5-20(18)22/h1-2,5-6,8-11,15,21,23-25,32,36-37H,3-4,7,12-14,16,30-31H2,(H,33,40)(H,34,39)(H,35,38)(H,41,42). The van der Waals surface area contributed by atoms with Gasteiger partial charge >= 0.3 is 5.97 Å². The van der Waals surface area contributed by atoms with E-state index in [1.54, 1.807) is 6.20 Å². The van der Waals surface area contributed by atoms with E-state index < -0.39 is 54.5 Å². The van der Waals surface area contributed by atoms with Crippen LogP contribution in [0.1, 0.15) is 30.4 Å². The Morgan fingerprint density at radius 1 is 0.833 bits per heavy atom. The Labute approximate surface area is 242 Å². The van der Waals surface area contributed by atoms with Gasteiger partial charge in [0, 0.05) is 23.5 Å². The minimum Gasteiger partial charge on any atom is -0.508 e. The molecule has 4 unspecified atom stereocenters. The summed E-state index contributed by atoms with van der Waals surface area (Å²) in [4.78, 5) is 54.0. The van der Waals surface area contributed by atoms with Crippen LogP contribution in [0.5, 0.6) is 5.75 Å². The zero-order valence-electron chi connectivity index (χ0n) is 23.1. The Morgan fingerprint density at radius 2 is 1.48 bits per heavy atom. The van der Waals surface area contributed by atoms with E-state index in [0.717, 1.165) is 16.5 Å². The van der Waals surface area contributed by atoms with E-state index in [9.17, 15) is 34.5 Å². The monoisotopic (exact) mass is 582 g/mol. The van der Waals surface area contributed by atoms with Gasteiger partial charge in [0.15, 0.2) is 0 Å². The van der Waals surface area contributed by atoms with E-state index in [2.05, 4.69) is 20.9 Å². The Balaban J connectivity index is 1.64. The first-order valence-corrected chi connectivity index (χ1v) is 13.7. The van der Waals surface area contributed by atoms with Crippen molar-refractivity contribution in [3.05, 3.63) is 65.9 Å². The Kier molecular flexibility index (Phi) is 11.8. The number of carbonyl (C=O) groups excluding carboxylic acids is 3. The zero-order chi connectivity index (χ0) is 30.6. The second kappa shape index (κ2) is 15.5. The number of aliphatic carboxylic acids is 1. The third-order valence-electron chi connectivity index (χ3n) is 6.84. The molecule has 226 valence electrons. The first-order chi connectivity index (χ1) is 20.1. The fourth-order valence-corrected chi connectivity index (χ4v) is 4.48. The molecule has 4 atom stereocenters. The molecule has 13 nitrogen and oxygen atoms in total. The summed E-state index contributed by atoms with van der Waals surface area (Å²) in [6.45, 7) is -0.405. The number of unbranched alkanes of at least 4 members (excludes halogenated alkanes) is 1. The number of rotatable bonds is 16. The van der Waals surface area contributed by atoms with E-state index in [-0.39, 0.29) is 25.0 Å². The molecule has 0 saturated carbocycles. The van der Waals surface area contributed by atoms with Crippen LogP contribution in [0.4, 0.5) is 0 Å². The van der Waals surface area contributed by atoms with Crippen LogP contribution < -0.4 is 27.4 Å². The number of para-hydroxylation sites is 1. The van der Waals surface area contributed by atoms with Gasteiger partial charge in [0.05, 0.1) is 12.6 Å². The average molecular weight is 583 g/mol. The van der Waals surface area contributed by atoms with Crippen molar-refractivity contribution < 1.29 is 34.5 Å². The molecule has 0 fully saturated rings. The summed E-state index contributed by atoms with van der Waals surface area (Å²) in [5.41, 5.74) is 13.9. The van der Waals surface area contributed by atoms with Gasteiger partial charge in [-0.2, -0.15) is 0 Å². The number of fused-ring (bicyclic) bond motifs is 1. The van der Waals surface area contributed by atoms with Crippen molar-refractivity contribution in [3.63, 3.8) is 0 Å². The summed E-state index contributed by atoms with van der Waals surface area (Å²) in [6.07, 6.45) is 3.03. The highest BCUT2D eigenvalue weighted by Gasteiger charge is 2.30. The number of carboxylic acids is 1. The van der Waals surface area contributed by atoms with E-state index in [4.69, 9.17) is 11.5 Å². The average Bonchev–Trinajstić information content (AvgIpc) is 3.38. The number of carboxylic acid groups (broad SMARTS) is 1. The van der Waals surface area contributed by atoms with Crippen LogP contribution in [-0.4, -0.2) is 81.3 Å². The van der Waals surface area contributed by atoms with Crippen LogP contribution in [0, 0.1) is 0 Å². The van der Waals surface area contributed by atoms with Gasteiger partial charge in [0.2, 0.25) is 17.7 Å². The second-order valence-corrected chi connectivity index (χ2v) is 10.0. The van der Waals surface area contributed by atoms with Gasteiger partial charge in [-0.15, -0.1) is 0 Å². The summed E-state index contributed by atoms with van der Waals surface area (Å²) < 4.78 is 0. The highest BCUT2D eigenvalue weighted by molar-refractivity contribution is 5.94. The SMILES string of the molecule is NCCCCC(NC(=O)C(CO)NC(=O)C(N)Cc1c[nH]c2ccccc12)C(=O)NC(Cc1ccc(O)cc1)C(=O)O. The fraction of sp³-hybridized carbons (Fsp3) is 0.379. The molecular weight excluding hydrogens is 544 g/mol. The summed E-state index contributed by atoms with van der Waals surface area (Å²) in [5, 5.41) is 37.3. The van der Waals surface area contributed by atoms with Crippen molar-refractivity contribution >= 4 is 34.6 Å². The molecule has 0 aliphatic rings. The number of benzene rings is 2. The fourth-order valence-electron chi connectivity index (χ4n) is 4.48. The van der Waals surface area contributed by atoms with Crippen LogP contribution in [0.3, 0.4) is 0 Å². The molecule has 1 heterocycles. The van der Waals surface area contributed by atoms with Gasteiger partial charge < -0.3 is 47.7 Å². The second-order valence-electron chi connectivity index (χ2n) is 10.0. The van der Waals surface area contributed by atoms with Gasteiger partial charge in [-0.05, 0) is 61.6 Å². The minimum absolute atomic E-state index is 0.0155. The van der Waals surface area contributed by atoms with E-state index in [0.29, 0.717) is 24.9 Å². The highest BCUT2D eigenvalue weighted by atomic mass is 16.4. The predicted molar refractivity (Wildman–Crippen MR) is 155 cm³/mol. The summed E-state index contributed by atoms with van der Waals surface area (Å²) in [6, 6.07) is 8.52. The number of phenolic OH excluding ortho intramolecular Hbond substituents is 1. The van der Waals surface area contributed by atoms with Crippen LogP contribution in [0.25, 0.3) is 10.9 Å². The quantitative estimate of drug-likeness (QED) is 0.100. The van der Waals surface area contributed by atoms with Crippen molar-refractivity contribution in [1.82, 2.24) is 20.9 Å². The van der Waals surface area contributed by atoms with Gasteiger partial charge in [-0.1, -0.05) is 30.3 Å². The number of carbonyl (C=O) groups is 4. The number of aliphatic hydroxyl groups excluding tert-OH is 1. The van der Waals surface area contributed by atoms with Crippen LogP contribution in [-0.2, 0) is 32.0 Å². The van der Waals surface area contributed by atoms with E-state index >= 15 is 0 Å². The van der Waals surface area contributed by atoms with Crippen molar-refractivity contribution in [3.8, 4) is 5.75 Å². The maximum atomic E-state index is 13.1. The van der Waals surface area contributed by atoms with Gasteiger partial charge in [0.25, 0.3) is 0 Å². The van der Waals surface area contributed by atoms with Crippen LogP contribution >= 0.6 is 0 Å². The maximum absolute atomic E-state index is 13.1. The lowest BCUT2D eigenvalue weighted by atomic mass is 10.0. The number of hydrogen-bond donors (Lipinski definition) is 9. The molecule has 0 spiro atoms. The number of amides is 3. The third kappa shape index (κ3) is 9.03. The number of aromatic amines is 1. The molecule has 3 amide bonds. The summed E-state index contributed by atoms with van der Waals surface area (Å²) in [5.74, 6) is -3.51. The number of aromatic nitrogens is 1. The Hall–Kier alpha value is -4.46. The zero-order valence-corrected chi connectivity index (χ0v) is 23.1. The maximum Gasteiger partial charge on any atom is 0.326 e. The molecule has 0 radical (unpaired) electrons. The number of aromatic hydroxyl groups is 1. The summed E-state index contributed by atoms with van der Waals surface area (Å²) >= 11 is 0. The molecule has 0 saturated heterocycles. The number of nitrogens with two attached hydrogens (primary N) is 2. The molecule has 42 heavy (non-hydrogen) atoms. The molecule has 0 aliphatic carbocycles. The topological polar surface area (TPSA) is 233 Å². The number of nitrogens with one attached hydrogen (secondary N) is 4. The predicted octanol–water partition coefficient (Wildman–Crippen LogP) is -0.354. The van der Waals surface area contributed by atoms with Gasteiger partial charge in [0.1, 0.15) is 23.9 Å². The molecule has 0 bridgehead atoms. The first-order valence-electron chi connectivity index (χ1n) is 13.7. The molecule has 0 aliphatic heterocycles. The summed E-state index contributed by atoms with van der Waals surface area (Å²) in [7, 11) is 0. The van der Waals surface area contributed by atoms with Crippen LogP contribution in [0.2, 0.25) is 0 Å². The highest BCUT2D eigenvalue weighted by Crippen LogP contribution is 2.19. The largest absolute Gasteiger partial charge is 0.508 e. The van der Waals surface area contributed by atoms with Gasteiger partial charge in [-0.3, -0.25) is 14.4 Å². The van der Waals surface area contributed by atoms with Crippen molar-refractivity contribution in [1.29, 1.82) is 0 Å². The molecule has 11 N–H and O–H groups in total. The molecule has 13 heteroatoms.